The zero-order valence-corrected chi connectivity index (χ0v) is 29.3. The Morgan fingerprint density at radius 2 is 1.45 bits per heavy atom. The van der Waals surface area contributed by atoms with Crippen molar-refractivity contribution >= 4 is 5.97 Å². The van der Waals surface area contributed by atoms with Gasteiger partial charge in [0.05, 0.1) is 41.5 Å². The fourth-order valence-electron chi connectivity index (χ4n) is 12.4. The van der Waals surface area contributed by atoms with Gasteiger partial charge < -0.3 is 50.0 Å². The van der Waals surface area contributed by atoms with Gasteiger partial charge in [0.15, 0.2) is 0 Å². The first-order valence-corrected chi connectivity index (χ1v) is 18.0. The molecule has 4 saturated carbocycles. The van der Waals surface area contributed by atoms with E-state index >= 15 is 0 Å². The third-order valence-electron chi connectivity index (χ3n) is 15.6. The van der Waals surface area contributed by atoms with E-state index in [9.17, 15) is 40.5 Å². The second kappa shape index (κ2) is 11.6. The van der Waals surface area contributed by atoms with Gasteiger partial charge >= 0.3 is 5.97 Å². The zero-order chi connectivity index (χ0) is 34.7. The summed E-state index contributed by atoms with van der Waals surface area (Å²) >= 11 is 0. The molecular weight excluding hydrogens is 608 g/mol. The molecule has 0 aromatic carbocycles. The number of fused-ring (bicyclic) bond motifs is 5. The van der Waals surface area contributed by atoms with Crippen LogP contribution in [-0.2, 0) is 19.0 Å². The van der Waals surface area contributed by atoms with Gasteiger partial charge in [0, 0.05) is 11.8 Å². The van der Waals surface area contributed by atoms with Crippen molar-refractivity contribution in [2.45, 2.75) is 166 Å². The monoisotopic (exact) mass is 668 g/mol. The molecule has 270 valence electrons. The maximum absolute atomic E-state index is 14.1. The number of aliphatic hydroxyl groups is 7. The summed E-state index contributed by atoms with van der Waals surface area (Å²) in [6, 6.07) is 0. The quantitative estimate of drug-likeness (QED) is 0.213. The number of rotatable bonds is 5. The van der Waals surface area contributed by atoms with E-state index in [1.807, 2.05) is 13.8 Å². The molecule has 0 aromatic rings. The van der Waals surface area contributed by atoms with Crippen LogP contribution in [0, 0.1) is 45.3 Å². The van der Waals surface area contributed by atoms with Gasteiger partial charge in [-0.2, -0.15) is 0 Å². The molecule has 4 aliphatic carbocycles. The average molecular weight is 669 g/mol. The van der Waals surface area contributed by atoms with Crippen molar-refractivity contribution < 1.29 is 54.8 Å². The summed E-state index contributed by atoms with van der Waals surface area (Å²) in [4.78, 5) is 14.1. The Balaban J connectivity index is 1.27. The molecule has 2 aliphatic heterocycles. The van der Waals surface area contributed by atoms with Gasteiger partial charge in [0.1, 0.15) is 24.4 Å². The van der Waals surface area contributed by atoms with Crippen LogP contribution in [0.3, 0.4) is 0 Å². The molecule has 11 nitrogen and oxygen atoms in total. The summed E-state index contributed by atoms with van der Waals surface area (Å²) in [5.74, 6) is -0.507. The molecule has 0 spiro atoms. The van der Waals surface area contributed by atoms with Crippen molar-refractivity contribution in [3.05, 3.63) is 0 Å². The highest BCUT2D eigenvalue weighted by molar-refractivity contribution is 5.78. The van der Waals surface area contributed by atoms with Gasteiger partial charge in [-0.1, -0.05) is 20.8 Å². The largest absolute Gasteiger partial charge is 0.432 e. The summed E-state index contributed by atoms with van der Waals surface area (Å²) in [5, 5.41) is 74.8. The predicted molar refractivity (Wildman–Crippen MR) is 169 cm³/mol. The standard InChI is InChI=1S/C36H60O11/c1-31(2,44)25-12-15-34(5,47-25)21-11-14-32(3)18-8-9-22-35(6,19(18)10-13-33(21,32)4)23(38)16-24(39)36(22,7)30(43)46-29-28(42)27(41)26(40)20(17-37)45-29/h18-29,37-42,44H,8-17H2,1-7H3/t18-,19+,20-,21+,22+,23+,24-,25+,26-,27+,28-,29+,32+,33-,34-,35-,36-/m0/s1. The number of hydrogen-bond acceptors (Lipinski definition) is 11. The van der Waals surface area contributed by atoms with E-state index in [4.69, 9.17) is 14.2 Å². The lowest BCUT2D eigenvalue weighted by Crippen LogP contribution is -2.69. The van der Waals surface area contributed by atoms with E-state index < -0.39 is 77.8 Å². The van der Waals surface area contributed by atoms with Crippen LogP contribution in [0.2, 0.25) is 0 Å². The molecule has 6 fully saturated rings. The van der Waals surface area contributed by atoms with Crippen LogP contribution in [0.4, 0.5) is 0 Å². The maximum Gasteiger partial charge on any atom is 0.317 e. The van der Waals surface area contributed by atoms with E-state index in [0.29, 0.717) is 12.3 Å². The molecule has 2 saturated heterocycles. The van der Waals surface area contributed by atoms with Crippen molar-refractivity contribution in [2.24, 2.45) is 45.3 Å². The molecular formula is C36H60O11. The van der Waals surface area contributed by atoms with Gasteiger partial charge in [0.25, 0.3) is 0 Å². The van der Waals surface area contributed by atoms with E-state index in [-0.39, 0.29) is 40.8 Å². The molecule has 0 aromatic heterocycles. The van der Waals surface area contributed by atoms with Crippen LogP contribution in [-0.4, -0.2) is 109 Å². The van der Waals surface area contributed by atoms with Crippen LogP contribution >= 0.6 is 0 Å². The van der Waals surface area contributed by atoms with Crippen molar-refractivity contribution in [1.82, 2.24) is 0 Å². The van der Waals surface area contributed by atoms with E-state index in [1.54, 1.807) is 6.92 Å². The summed E-state index contributed by atoms with van der Waals surface area (Å²) in [6.07, 6.45) is -3.09. The molecule has 0 unspecified atom stereocenters. The van der Waals surface area contributed by atoms with Gasteiger partial charge in [-0.15, -0.1) is 0 Å². The first-order chi connectivity index (χ1) is 21.7. The minimum Gasteiger partial charge on any atom is -0.432 e. The third kappa shape index (κ3) is 4.95. The lowest BCUT2D eigenvalue weighted by Gasteiger charge is -2.68. The van der Waals surface area contributed by atoms with E-state index in [0.717, 1.165) is 44.9 Å². The number of hydrogen-bond donors (Lipinski definition) is 7. The summed E-state index contributed by atoms with van der Waals surface area (Å²) < 4.78 is 17.9. The highest BCUT2D eigenvalue weighted by atomic mass is 16.7. The number of carbonyl (C=O) groups is 1. The van der Waals surface area contributed by atoms with Crippen LogP contribution in [0.1, 0.15) is 106 Å². The highest BCUT2D eigenvalue weighted by Gasteiger charge is 2.73. The maximum atomic E-state index is 14.1. The molecule has 6 aliphatic rings. The molecule has 17 atom stereocenters. The summed E-state index contributed by atoms with van der Waals surface area (Å²) in [5.41, 5.74) is -3.40. The van der Waals surface area contributed by atoms with Crippen LogP contribution in [0.5, 0.6) is 0 Å². The number of esters is 1. The smallest absolute Gasteiger partial charge is 0.317 e. The van der Waals surface area contributed by atoms with Crippen LogP contribution in [0.15, 0.2) is 0 Å². The van der Waals surface area contributed by atoms with Gasteiger partial charge in [-0.05, 0) is 114 Å². The lowest BCUT2D eigenvalue weighted by molar-refractivity contribution is -0.303. The summed E-state index contributed by atoms with van der Waals surface area (Å²) in [7, 11) is 0. The molecule has 7 N–H and O–H groups in total. The van der Waals surface area contributed by atoms with Crippen LogP contribution in [0.25, 0.3) is 0 Å². The normalized spacial score (nSPS) is 56.4. The number of carbonyl (C=O) groups excluding carboxylic acids is 1. The number of aliphatic hydroxyl groups excluding tert-OH is 6. The zero-order valence-electron chi connectivity index (χ0n) is 29.3. The molecule has 0 bridgehead atoms. The highest BCUT2D eigenvalue weighted by Crippen LogP contribution is 2.75. The van der Waals surface area contributed by atoms with E-state index in [2.05, 4.69) is 27.7 Å². The minimum absolute atomic E-state index is 0.00263. The van der Waals surface area contributed by atoms with Crippen LogP contribution < -0.4 is 0 Å². The van der Waals surface area contributed by atoms with E-state index in [1.165, 1.54) is 0 Å². The minimum atomic E-state index is -1.75. The van der Waals surface area contributed by atoms with Gasteiger partial charge in [0.2, 0.25) is 6.29 Å². The molecule has 6 rings (SSSR count). The fourth-order valence-corrected chi connectivity index (χ4v) is 12.4. The van der Waals surface area contributed by atoms with Crippen molar-refractivity contribution in [3.63, 3.8) is 0 Å². The SMILES string of the molecule is CC(C)(O)[C@H]1CC[C@@](C)([C@@H]2CC[C@]3(C)[C@H]4CC[C@H]5[C@](C)(C(=O)O[C@H]6O[C@@H](CO)[C@H](O)[C@@H](O)[C@@H]6O)[C@@H](O)C[C@@H](O)[C@@]5(C)[C@@H]4CC[C@@]23C)O1. The Hall–Kier alpha value is -0.890. The summed E-state index contributed by atoms with van der Waals surface area (Å²) in [6.45, 7) is 13.9. The topological polar surface area (TPSA) is 186 Å². The Kier molecular flexibility index (Phi) is 8.84. The molecule has 11 heteroatoms. The molecule has 0 radical (unpaired) electrons. The Bertz CT molecular complexity index is 1210. The van der Waals surface area contributed by atoms with Gasteiger partial charge in [-0.3, -0.25) is 4.79 Å². The second-order valence-electron chi connectivity index (χ2n) is 17.9. The Morgan fingerprint density at radius 3 is 2.06 bits per heavy atom. The van der Waals surface area contributed by atoms with Crippen molar-refractivity contribution in [3.8, 4) is 0 Å². The second-order valence-corrected chi connectivity index (χ2v) is 17.9. The first-order valence-electron chi connectivity index (χ1n) is 18.0. The predicted octanol–water partition coefficient (Wildman–Crippen LogP) is 2.03. The van der Waals surface area contributed by atoms with Crippen molar-refractivity contribution in [2.75, 3.05) is 6.61 Å². The van der Waals surface area contributed by atoms with Crippen molar-refractivity contribution in [1.29, 1.82) is 0 Å². The number of ether oxygens (including phenoxy) is 3. The molecule has 0 amide bonds. The Morgan fingerprint density at radius 1 is 0.787 bits per heavy atom. The molecule has 2 heterocycles. The molecule has 47 heavy (non-hydrogen) atoms. The lowest BCUT2D eigenvalue weighted by atomic mass is 9.37. The Labute approximate surface area is 279 Å². The average Bonchev–Trinajstić information content (AvgIpc) is 3.54. The fraction of sp³-hybridized carbons (Fsp3) is 0.972. The first kappa shape index (κ1) is 35.9. The third-order valence-corrected chi connectivity index (χ3v) is 15.6. The van der Waals surface area contributed by atoms with Gasteiger partial charge in [-0.25, -0.2) is 0 Å².